The highest BCUT2D eigenvalue weighted by Gasteiger charge is 2.34. The molecule has 2 amide bonds. The van der Waals surface area contributed by atoms with E-state index in [2.05, 4.69) is 19.2 Å². The van der Waals surface area contributed by atoms with Crippen molar-refractivity contribution in [3.63, 3.8) is 0 Å². The molecule has 1 aromatic heterocycles. The minimum atomic E-state index is -0.426. The summed E-state index contributed by atoms with van der Waals surface area (Å²) in [4.78, 5) is 27.1. The molecule has 4 N–H and O–H groups in total. The van der Waals surface area contributed by atoms with Gasteiger partial charge in [-0.15, -0.1) is 11.3 Å². The molecule has 2 heterocycles. The van der Waals surface area contributed by atoms with Crippen LogP contribution in [0.25, 0.3) is 0 Å². The number of carbonyl (C=O) groups is 2. The maximum Gasteiger partial charge on any atom is 0.282 e. The van der Waals surface area contributed by atoms with Crippen LogP contribution < -0.4 is 16.0 Å². The number of quaternary nitrogens is 1. The van der Waals surface area contributed by atoms with Gasteiger partial charge in [-0.05, 0) is 38.2 Å². The summed E-state index contributed by atoms with van der Waals surface area (Å²) in [5, 5.41) is 3.66. The summed E-state index contributed by atoms with van der Waals surface area (Å²) in [5.74, 6) is 0.857. The highest BCUT2D eigenvalue weighted by molar-refractivity contribution is 7.17. The molecular formula is C18H28N3O2S+. The maximum atomic E-state index is 12.7. The van der Waals surface area contributed by atoms with Crippen LogP contribution in [-0.4, -0.2) is 30.9 Å². The number of piperidine rings is 1. The number of amides is 2. The van der Waals surface area contributed by atoms with E-state index < -0.39 is 5.91 Å². The lowest BCUT2D eigenvalue weighted by atomic mass is 9.91. The predicted octanol–water partition coefficient (Wildman–Crippen LogP) is 1.22. The first-order valence-electron chi connectivity index (χ1n) is 8.96. The fraction of sp³-hybridized carbons (Fsp3) is 0.667. The number of fused-ring (bicyclic) bond motifs is 1. The third kappa shape index (κ3) is 3.35. The summed E-state index contributed by atoms with van der Waals surface area (Å²) in [5.41, 5.74) is 7.18. The van der Waals surface area contributed by atoms with Crippen molar-refractivity contribution in [3.8, 4) is 0 Å². The molecule has 1 aromatic rings. The average molecular weight is 351 g/mol. The second-order valence-corrected chi connectivity index (χ2v) is 8.75. The predicted molar refractivity (Wildman–Crippen MR) is 96.6 cm³/mol. The average Bonchev–Trinajstić information content (AvgIpc) is 3.05. The molecule has 132 valence electrons. The van der Waals surface area contributed by atoms with Crippen molar-refractivity contribution in [2.75, 3.05) is 18.4 Å². The maximum absolute atomic E-state index is 12.7. The number of nitrogens with one attached hydrogen (secondary N) is 2. The SMILES string of the molecule is C[C@@H]1C[C@@H](C)C[NH+]([C@@H](C)C(=O)Nc2sc3c(c2C(N)=O)CCC3)C1. The molecule has 0 saturated carbocycles. The number of rotatable bonds is 4. The van der Waals surface area contributed by atoms with E-state index in [1.165, 1.54) is 27.5 Å². The van der Waals surface area contributed by atoms with Crippen molar-refractivity contribution in [2.45, 2.75) is 52.5 Å². The lowest BCUT2D eigenvalue weighted by Gasteiger charge is -2.35. The fourth-order valence-corrected chi connectivity index (χ4v) is 5.64. The van der Waals surface area contributed by atoms with Crippen LogP contribution in [0, 0.1) is 11.8 Å². The Balaban J connectivity index is 1.74. The molecule has 3 rings (SSSR count). The van der Waals surface area contributed by atoms with E-state index in [9.17, 15) is 9.59 Å². The minimum Gasteiger partial charge on any atom is -0.365 e. The number of carbonyl (C=O) groups excluding carboxylic acids is 2. The van der Waals surface area contributed by atoms with E-state index in [0.29, 0.717) is 22.4 Å². The number of likely N-dealkylation sites (tertiary alicyclic amines) is 1. The van der Waals surface area contributed by atoms with E-state index in [0.717, 1.165) is 37.9 Å². The molecule has 1 aliphatic carbocycles. The van der Waals surface area contributed by atoms with Gasteiger partial charge in [0.15, 0.2) is 6.04 Å². The van der Waals surface area contributed by atoms with Crippen LogP contribution >= 0.6 is 11.3 Å². The number of primary amides is 1. The summed E-state index contributed by atoms with van der Waals surface area (Å²) in [6.07, 6.45) is 4.18. The third-order valence-electron chi connectivity index (χ3n) is 5.44. The van der Waals surface area contributed by atoms with Gasteiger partial charge in [0.25, 0.3) is 11.8 Å². The van der Waals surface area contributed by atoms with Gasteiger partial charge in [-0.25, -0.2) is 0 Å². The molecule has 0 radical (unpaired) electrons. The second-order valence-electron chi connectivity index (χ2n) is 7.65. The number of thiophene rings is 1. The normalized spacial score (nSPS) is 27.5. The van der Waals surface area contributed by atoms with Gasteiger partial charge in [-0.3, -0.25) is 9.59 Å². The smallest absolute Gasteiger partial charge is 0.282 e. The van der Waals surface area contributed by atoms with Crippen molar-refractivity contribution in [1.82, 2.24) is 0 Å². The van der Waals surface area contributed by atoms with Crippen LogP contribution in [0.4, 0.5) is 5.00 Å². The molecule has 5 nitrogen and oxygen atoms in total. The van der Waals surface area contributed by atoms with Gasteiger partial charge in [0.1, 0.15) is 5.00 Å². The van der Waals surface area contributed by atoms with Gasteiger partial charge in [-0.2, -0.15) is 0 Å². The first-order valence-corrected chi connectivity index (χ1v) is 9.78. The summed E-state index contributed by atoms with van der Waals surface area (Å²) in [6, 6.07) is -0.118. The molecular weight excluding hydrogens is 322 g/mol. The number of anilines is 1. The number of aryl methyl sites for hydroxylation is 1. The minimum absolute atomic E-state index is 0.00581. The first-order chi connectivity index (χ1) is 11.4. The van der Waals surface area contributed by atoms with Crippen molar-refractivity contribution in [2.24, 2.45) is 17.6 Å². The van der Waals surface area contributed by atoms with Crippen molar-refractivity contribution in [1.29, 1.82) is 0 Å². The molecule has 6 heteroatoms. The van der Waals surface area contributed by atoms with Crippen molar-refractivity contribution < 1.29 is 14.5 Å². The van der Waals surface area contributed by atoms with E-state index in [4.69, 9.17) is 5.73 Å². The van der Waals surface area contributed by atoms with Gasteiger partial charge >= 0.3 is 0 Å². The topological polar surface area (TPSA) is 76.6 Å². The van der Waals surface area contributed by atoms with Crippen LogP contribution in [0.5, 0.6) is 0 Å². The Kier molecular flexibility index (Phi) is 4.97. The van der Waals surface area contributed by atoms with Crippen molar-refractivity contribution >= 4 is 28.2 Å². The zero-order valence-electron chi connectivity index (χ0n) is 14.8. The zero-order valence-corrected chi connectivity index (χ0v) is 15.6. The van der Waals surface area contributed by atoms with Crippen LogP contribution in [0.1, 0.15) is 54.4 Å². The monoisotopic (exact) mass is 350 g/mol. The van der Waals surface area contributed by atoms with Gasteiger partial charge in [0.2, 0.25) is 0 Å². The molecule has 2 aliphatic rings. The fourth-order valence-electron chi connectivity index (χ4n) is 4.34. The van der Waals surface area contributed by atoms with E-state index in [1.54, 1.807) is 0 Å². The lowest BCUT2D eigenvalue weighted by molar-refractivity contribution is -0.925. The van der Waals surface area contributed by atoms with E-state index in [-0.39, 0.29) is 11.9 Å². The highest BCUT2D eigenvalue weighted by Crippen LogP contribution is 2.38. The Bertz CT molecular complexity index is 645. The summed E-state index contributed by atoms with van der Waals surface area (Å²) in [7, 11) is 0. The Hall–Kier alpha value is -1.40. The largest absolute Gasteiger partial charge is 0.365 e. The van der Waals surface area contributed by atoms with Crippen molar-refractivity contribution in [3.05, 3.63) is 16.0 Å². The molecule has 3 atom stereocenters. The molecule has 24 heavy (non-hydrogen) atoms. The molecule has 1 aliphatic heterocycles. The van der Waals surface area contributed by atoms with Crippen LogP contribution in [0.2, 0.25) is 0 Å². The Labute approximate surface area is 147 Å². The number of hydrogen-bond donors (Lipinski definition) is 3. The molecule has 1 saturated heterocycles. The Morgan fingerprint density at radius 2 is 1.92 bits per heavy atom. The molecule has 0 spiro atoms. The van der Waals surface area contributed by atoms with Crippen LogP contribution in [0.3, 0.4) is 0 Å². The van der Waals surface area contributed by atoms with Gasteiger partial charge < -0.3 is 16.0 Å². The van der Waals surface area contributed by atoms with Crippen LogP contribution in [-0.2, 0) is 17.6 Å². The Morgan fingerprint density at radius 1 is 1.25 bits per heavy atom. The van der Waals surface area contributed by atoms with Gasteiger partial charge in [0, 0.05) is 16.7 Å². The third-order valence-corrected chi connectivity index (χ3v) is 6.64. The molecule has 1 fully saturated rings. The first kappa shape index (κ1) is 17.4. The standard InChI is InChI=1S/C18H27N3O2S/c1-10-7-11(2)9-21(8-10)12(3)17(23)20-18-15(16(19)22)13-5-4-6-14(13)24-18/h10-12H,4-9H2,1-3H3,(H2,19,22)(H,20,23)/p+1/t10-,11-,12+/m1/s1. The summed E-state index contributed by atoms with van der Waals surface area (Å²) < 4.78 is 0. The molecule has 0 bridgehead atoms. The second kappa shape index (κ2) is 6.84. The molecule has 0 unspecified atom stereocenters. The lowest BCUT2D eigenvalue weighted by Crippen LogP contribution is -3.18. The number of hydrogen-bond acceptors (Lipinski definition) is 3. The van der Waals surface area contributed by atoms with Gasteiger partial charge in [-0.1, -0.05) is 13.8 Å². The van der Waals surface area contributed by atoms with Gasteiger partial charge in [0.05, 0.1) is 18.7 Å². The summed E-state index contributed by atoms with van der Waals surface area (Å²) in [6.45, 7) is 8.57. The Morgan fingerprint density at radius 3 is 2.54 bits per heavy atom. The highest BCUT2D eigenvalue weighted by atomic mass is 32.1. The quantitative estimate of drug-likeness (QED) is 0.764. The zero-order chi connectivity index (χ0) is 17.4. The van der Waals surface area contributed by atoms with E-state index in [1.807, 2.05) is 6.92 Å². The summed E-state index contributed by atoms with van der Waals surface area (Å²) >= 11 is 1.53. The molecule has 0 aromatic carbocycles. The van der Waals surface area contributed by atoms with E-state index >= 15 is 0 Å². The number of nitrogens with two attached hydrogens (primary N) is 1. The van der Waals surface area contributed by atoms with Crippen LogP contribution in [0.15, 0.2) is 0 Å².